The molecule has 0 aliphatic carbocycles. The van der Waals surface area contributed by atoms with Crippen LogP contribution in [0.25, 0.3) is 0 Å². The van der Waals surface area contributed by atoms with E-state index in [1.807, 2.05) is 0 Å². The van der Waals surface area contributed by atoms with Crippen molar-refractivity contribution in [2.45, 2.75) is 3.98 Å². The summed E-state index contributed by atoms with van der Waals surface area (Å²) in [7, 11) is 0. The van der Waals surface area contributed by atoms with Gasteiger partial charge in [-0.1, -0.05) is 58.0 Å². The van der Waals surface area contributed by atoms with Crippen molar-refractivity contribution >= 4 is 92.8 Å². The van der Waals surface area contributed by atoms with Gasteiger partial charge in [-0.05, 0) is 34.8 Å². The first-order valence-corrected chi connectivity index (χ1v) is 6.44. The second kappa shape index (κ2) is 5.54. The van der Waals surface area contributed by atoms with Gasteiger partial charge in [-0.15, -0.1) is 0 Å². The van der Waals surface area contributed by atoms with Crippen molar-refractivity contribution in [1.29, 1.82) is 0 Å². The highest BCUT2D eigenvalue weighted by molar-refractivity contribution is 6.66. The Bertz CT molecular complexity index is 394. The van der Waals surface area contributed by atoms with Crippen LogP contribution >= 0.6 is 92.8 Å². The predicted octanol–water partition coefficient (Wildman–Crippen LogP) is 6.66. The molecule has 1 nitrogen and oxygen atoms in total. The lowest BCUT2D eigenvalue weighted by Crippen LogP contribution is -2.13. The SMILES string of the molecule is Clc1c(Cl)c(Cl)c(OC(Cl)(Cl)Cl)c(Cl)c1Cl. The van der Waals surface area contributed by atoms with Crippen LogP contribution in [-0.4, -0.2) is 3.98 Å². The molecule has 9 heteroatoms. The fourth-order valence-corrected chi connectivity index (χ4v) is 2.22. The highest BCUT2D eigenvalue weighted by Crippen LogP contribution is 2.50. The van der Waals surface area contributed by atoms with E-state index in [9.17, 15) is 0 Å². The van der Waals surface area contributed by atoms with Gasteiger partial charge in [-0.25, -0.2) is 0 Å². The normalized spacial score (nSPS) is 11.8. The Morgan fingerprint density at radius 2 is 0.938 bits per heavy atom. The van der Waals surface area contributed by atoms with Crippen LogP contribution in [0.15, 0.2) is 0 Å². The van der Waals surface area contributed by atoms with Gasteiger partial charge in [-0.2, -0.15) is 0 Å². The number of halogens is 8. The number of hydrogen-bond acceptors (Lipinski definition) is 1. The lowest BCUT2D eigenvalue weighted by Gasteiger charge is -2.18. The number of ether oxygens (including phenoxy) is 1. The van der Waals surface area contributed by atoms with Gasteiger partial charge in [0.25, 0.3) is 0 Å². The van der Waals surface area contributed by atoms with Crippen LogP contribution in [-0.2, 0) is 0 Å². The largest absolute Gasteiger partial charge is 0.442 e. The molecular weight excluding hydrogens is 384 g/mol. The topological polar surface area (TPSA) is 9.23 Å². The molecular formula is C7Cl8O. The summed E-state index contributed by atoms with van der Waals surface area (Å²) in [5, 5.41) is -0.265. The van der Waals surface area contributed by atoms with E-state index in [2.05, 4.69) is 0 Å². The predicted molar refractivity (Wildman–Crippen MR) is 72.4 cm³/mol. The molecule has 0 atom stereocenters. The molecule has 0 aromatic heterocycles. The molecule has 16 heavy (non-hydrogen) atoms. The third kappa shape index (κ3) is 3.43. The lowest BCUT2D eigenvalue weighted by molar-refractivity contribution is 0.321. The zero-order chi connectivity index (χ0) is 12.7. The molecule has 0 aliphatic rings. The Morgan fingerprint density at radius 1 is 0.625 bits per heavy atom. The summed E-state index contributed by atoms with van der Waals surface area (Å²) >= 11 is 45.2. The number of benzene rings is 1. The monoisotopic (exact) mass is 380 g/mol. The van der Waals surface area contributed by atoms with E-state index in [0.717, 1.165) is 0 Å². The van der Waals surface area contributed by atoms with E-state index in [4.69, 9.17) is 97.5 Å². The standard InChI is InChI=1S/C7Cl8O/c8-1-2(9)4(11)6(5(12)3(1)10)16-7(13,14)15. The first kappa shape index (κ1) is 15.4. The summed E-state index contributed by atoms with van der Waals surface area (Å²) in [6, 6.07) is 0. The molecule has 0 bridgehead atoms. The van der Waals surface area contributed by atoms with Crippen LogP contribution in [0.1, 0.15) is 0 Å². The molecule has 90 valence electrons. The van der Waals surface area contributed by atoms with Crippen LogP contribution in [0.2, 0.25) is 25.1 Å². The average molecular weight is 384 g/mol. The maximum Gasteiger partial charge on any atom is 0.338 e. The van der Waals surface area contributed by atoms with Crippen molar-refractivity contribution in [2.75, 3.05) is 0 Å². The molecule has 0 unspecified atom stereocenters. The average Bonchev–Trinajstić information content (AvgIpc) is 2.17. The second-order valence-electron chi connectivity index (χ2n) is 2.45. The van der Waals surface area contributed by atoms with Gasteiger partial charge >= 0.3 is 3.98 Å². The molecule has 0 saturated heterocycles. The van der Waals surface area contributed by atoms with Gasteiger partial charge < -0.3 is 4.74 Å². The Balaban J connectivity index is 3.40. The van der Waals surface area contributed by atoms with Gasteiger partial charge in [-0.3, -0.25) is 0 Å². The van der Waals surface area contributed by atoms with Crippen molar-refractivity contribution in [3.8, 4) is 5.75 Å². The highest BCUT2D eigenvalue weighted by Gasteiger charge is 2.28. The van der Waals surface area contributed by atoms with Crippen molar-refractivity contribution in [3.63, 3.8) is 0 Å². The Morgan fingerprint density at radius 3 is 1.25 bits per heavy atom. The number of alkyl halides is 3. The van der Waals surface area contributed by atoms with Gasteiger partial charge in [0, 0.05) is 0 Å². The van der Waals surface area contributed by atoms with Crippen molar-refractivity contribution in [3.05, 3.63) is 25.1 Å². The third-order valence-electron chi connectivity index (χ3n) is 1.39. The Kier molecular flexibility index (Phi) is 5.33. The van der Waals surface area contributed by atoms with Crippen LogP contribution < -0.4 is 4.74 Å². The molecule has 0 N–H and O–H groups in total. The minimum Gasteiger partial charge on any atom is -0.442 e. The summed E-state index contributed by atoms with van der Waals surface area (Å²) in [6.07, 6.45) is 0. The van der Waals surface area contributed by atoms with Crippen molar-refractivity contribution < 1.29 is 4.74 Å². The zero-order valence-electron chi connectivity index (χ0n) is 6.93. The van der Waals surface area contributed by atoms with E-state index in [0.29, 0.717) is 0 Å². The Hall–Kier alpha value is 1.34. The van der Waals surface area contributed by atoms with Crippen LogP contribution in [0.3, 0.4) is 0 Å². The number of rotatable bonds is 1. The molecule has 0 amide bonds. The quantitative estimate of drug-likeness (QED) is 0.299. The van der Waals surface area contributed by atoms with Crippen molar-refractivity contribution in [1.82, 2.24) is 0 Å². The van der Waals surface area contributed by atoms with Gasteiger partial charge in [0.1, 0.15) is 10.0 Å². The third-order valence-corrected chi connectivity index (χ3v) is 3.86. The van der Waals surface area contributed by atoms with E-state index < -0.39 is 3.98 Å². The van der Waals surface area contributed by atoms with Crippen molar-refractivity contribution in [2.24, 2.45) is 0 Å². The van der Waals surface area contributed by atoms with Gasteiger partial charge in [0.05, 0.1) is 15.1 Å². The van der Waals surface area contributed by atoms with E-state index in [1.165, 1.54) is 0 Å². The lowest BCUT2D eigenvalue weighted by atomic mass is 10.3. The van der Waals surface area contributed by atoms with E-state index in [1.54, 1.807) is 0 Å². The molecule has 0 saturated carbocycles. The summed E-state index contributed by atoms with van der Waals surface area (Å²) in [5.74, 6) is -0.150. The van der Waals surface area contributed by atoms with E-state index in [-0.39, 0.29) is 30.9 Å². The summed E-state index contributed by atoms with van der Waals surface area (Å²) in [4.78, 5) is 0. The van der Waals surface area contributed by atoms with Gasteiger partial charge in [0.2, 0.25) is 0 Å². The molecule has 0 spiro atoms. The molecule has 0 fully saturated rings. The highest BCUT2D eigenvalue weighted by atomic mass is 35.6. The second-order valence-corrected chi connectivity index (χ2v) is 6.51. The first-order chi connectivity index (χ1) is 7.15. The fraction of sp³-hybridized carbons (Fsp3) is 0.143. The summed E-state index contributed by atoms with van der Waals surface area (Å²) in [6.45, 7) is 0. The van der Waals surface area contributed by atoms with E-state index >= 15 is 0 Å². The molecule has 1 rings (SSSR count). The maximum atomic E-state index is 5.82. The molecule has 1 aromatic carbocycles. The summed E-state index contributed by atoms with van der Waals surface area (Å²) < 4.78 is 2.84. The smallest absolute Gasteiger partial charge is 0.338 e. The molecule has 0 heterocycles. The minimum atomic E-state index is -2.05. The summed E-state index contributed by atoms with van der Waals surface area (Å²) in [5.41, 5.74) is 0. The first-order valence-electron chi connectivity index (χ1n) is 3.42. The molecule has 1 aromatic rings. The number of hydrogen-bond donors (Lipinski definition) is 0. The van der Waals surface area contributed by atoms with Crippen LogP contribution in [0, 0.1) is 0 Å². The molecule has 0 radical (unpaired) electrons. The fourth-order valence-electron chi connectivity index (χ4n) is 0.790. The zero-order valence-corrected chi connectivity index (χ0v) is 13.0. The van der Waals surface area contributed by atoms with Crippen LogP contribution in [0.4, 0.5) is 0 Å². The van der Waals surface area contributed by atoms with Crippen LogP contribution in [0.5, 0.6) is 5.75 Å². The molecule has 0 aliphatic heterocycles. The Labute approximate surface area is 131 Å². The minimum absolute atomic E-state index is 0.00463. The maximum absolute atomic E-state index is 5.82. The van der Waals surface area contributed by atoms with Gasteiger partial charge in [0.15, 0.2) is 5.75 Å².